The van der Waals surface area contributed by atoms with Crippen molar-refractivity contribution in [2.24, 2.45) is 5.92 Å². The third kappa shape index (κ3) is 6.54. The Morgan fingerprint density at radius 1 is 1.10 bits per heavy atom. The highest BCUT2D eigenvalue weighted by molar-refractivity contribution is 7.89. The molecule has 0 saturated carbocycles. The van der Waals surface area contributed by atoms with Crippen LogP contribution in [0, 0.1) is 5.92 Å². The highest BCUT2D eigenvalue weighted by Crippen LogP contribution is 2.31. The fraction of sp³-hybridized carbons (Fsp3) is 0.409. The Hall–Kier alpha value is -2.39. The maximum Gasteiger partial charge on any atom is 0.416 e. The van der Waals surface area contributed by atoms with E-state index in [1.807, 2.05) is 30.3 Å². The van der Waals surface area contributed by atoms with E-state index in [1.54, 1.807) is 0 Å². The highest BCUT2D eigenvalue weighted by Gasteiger charge is 2.33. The molecule has 1 fully saturated rings. The number of sulfonamides is 1. The van der Waals surface area contributed by atoms with Gasteiger partial charge in [0.05, 0.1) is 17.2 Å². The predicted octanol–water partition coefficient (Wildman–Crippen LogP) is 4.32. The first-order valence-corrected chi connectivity index (χ1v) is 11.8. The number of carbonyl (C=O) groups excluding carboxylic acids is 1. The monoisotopic (exact) mass is 454 g/mol. The molecule has 31 heavy (non-hydrogen) atoms. The van der Waals surface area contributed by atoms with Crippen LogP contribution in [0.15, 0.2) is 54.6 Å². The molecule has 0 aliphatic carbocycles. The van der Waals surface area contributed by atoms with Gasteiger partial charge in [-0.2, -0.15) is 13.2 Å². The zero-order valence-electron chi connectivity index (χ0n) is 16.9. The molecule has 9 heteroatoms. The van der Waals surface area contributed by atoms with E-state index in [0.717, 1.165) is 17.7 Å². The summed E-state index contributed by atoms with van der Waals surface area (Å²) in [5.41, 5.74) is 0.258. The molecule has 1 amide bonds. The van der Waals surface area contributed by atoms with Crippen LogP contribution < -0.4 is 5.32 Å². The average Bonchev–Trinajstić information content (AvgIpc) is 2.74. The summed E-state index contributed by atoms with van der Waals surface area (Å²) in [6, 6.07) is 14.0. The number of anilines is 1. The van der Waals surface area contributed by atoms with Crippen LogP contribution >= 0.6 is 0 Å². The summed E-state index contributed by atoms with van der Waals surface area (Å²) in [5, 5.41) is 2.50. The first kappa shape index (κ1) is 23.3. The van der Waals surface area contributed by atoms with Gasteiger partial charge < -0.3 is 5.32 Å². The van der Waals surface area contributed by atoms with Gasteiger partial charge in [0.15, 0.2) is 0 Å². The lowest BCUT2D eigenvalue weighted by molar-refractivity contribution is -0.137. The molecule has 0 radical (unpaired) electrons. The summed E-state index contributed by atoms with van der Waals surface area (Å²) in [5.74, 6) is -1.08. The van der Waals surface area contributed by atoms with Crippen LogP contribution in [0.1, 0.15) is 30.4 Å². The van der Waals surface area contributed by atoms with Crippen LogP contribution in [0.5, 0.6) is 0 Å². The molecule has 5 nitrogen and oxygen atoms in total. The number of aryl methyl sites for hydroxylation is 1. The number of piperidine rings is 1. The van der Waals surface area contributed by atoms with Crippen molar-refractivity contribution in [2.45, 2.75) is 31.9 Å². The second kappa shape index (κ2) is 9.82. The van der Waals surface area contributed by atoms with Crippen molar-refractivity contribution in [2.75, 3.05) is 24.2 Å². The molecule has 2 aromatic rings. The van der Waals surface area contributed by atoms with Crippen molar-refractivity contribution in [3.05, 3.63) is 65.7 Å². The summed E-state index contributed by atoms with van der Waals surface area (Å²) in [6.07, 6.45) is -2.37. The Morgan fingerprint density at radius 2 is 1.84 bits per heavy atom. The molecule has 1 atom stereocenters. The molecule has 0 bridgehead atoms. The number of nitrogens with zero attached hydrogens (tertiary/aromatic N) is 1. The van der Waals surface area contributed by atoms with E-state index in [1.165, 1.54) is 16.4 Å². The minimum Gasteiger partial charge on any atom is -0.326 e. The molecule has 168 valence electrons. The number of carbonyl (C=O) groups is 1. The molecular weight excluding hydrogens is 429 g/mol. The van der Waals surface area contributed by atoms with Crippen molar-refractivity contribution in [1.29, 1.82) is 0 Å². The largest absolute Gasteiger partial charge is 0.416 e. The number of nitrogens with one attached hydrogen (secondary N) is 1. The molecule has 1 aliphatic heterocycles. The number of hydrogen-bond acceptors (Lipinski definition) is 3. The molecule has 1 heterocycles. The van der Waals surface area contributed by atoms with Gasteiger partial charge in [0, 0.05) is 18.8 Å². The Balaban J connectivity index is 1.57. The van der Waals surface area contributed by atoms with Gasteiger partial charge in [0.1, 0.15) is 0 Å². The van der Waals surface area contributed by atoms with Crippen molar-refractivity contribution in [3.8, 4) is 0 Å². The maximum atomic E-state index is 12.9. The summed E-state index contributed by atoms with van der Waals surface area (Å²) in [4.78, 5) is 12.6. The SMILES string of the molecule is O=C(Nc1cccc(C(F)(F)F)c1)[C@H]1CCCN(S(=O)(=O)CCCc2ccccc2)C1. The minimum atomic E-state index is -4.50. The van der Waals surface area contributed by atoms with Gasteiger partial charge in [-0.05, 0) is 49.4 Å². The second-order valence-corrected chi connectivity index (χ2v) is 9.76. The fourth-order valence-corrected chi connectivity index (χ4v) is 5.24. The van der Waals surface area contributed by atoms with E-state index in [2.05, 4.69) is 5.32 Å². The van der Waals surface area contributed by atoms with Gasteiger partial charge in [-0.1, -0.05) is 36.4 Å². The average molecular weight is 455 g/mol. The first-order valence-electron chi connectivity index (χ1n) is 10.1. The third-order valence-electron chi connectivity index (χ3n) is 5.32. The van der Waals surface area contributed by atoms with Crippen LogP contribution in [0.25, 0.3) is 0 Å². The van der Waals surface area contributed by atoms with Gasteiger partial charge in [-0.25, -0.2) is 12.7 Å². The highest BCUT2D eigenvalue weighted by atomic mass is 32.2. The van der Waals surface area contributed by atoms with Gasteiger partial charge >= 0.3 is 6.18 Å². The molecule has 0 spiro atoms. The lowest BCUT2D eigenvalue weighted by Gasteiger charge is -2.31. The van der Waals surface area contributed by atoms with E-state index >= 15 is 0 Å². The van der Waals surface area contributed by atoms with Crippen LogP contribution in [0.2, 0.25) is 0 Å². The lowest BCUT2D eigenvalue weighted by atomic mass is 9.98. The quantitative estimate of drug-likeness (QED) is 0.678. The van der Waals surface area contributed by atoms with Gasteiger partial charge in [-0.3, -0.25) is 4.79 Å². The van der Waals surface area contributed by atoms with Crippen LogP contribution in [-0.4, -0.2) is 37.5 Å². The van der Waals surface area contributed by atoms with Crippen molar-refractivity contribution in [3.63, 3.8) is 0 Å². The summed E-state index contributed by atoms with van der Waals surface area (Å²) >= 11 is 0. The van der Waals surface area contributed by atoms with E-state index < -0.39 is 33.6 Å². The zero-order chi connectivity index (χ0) is 22.5. The number of amides is 1. The predicted molar refractivity (Wildman–Crippen MR) is 113 cm³/mol. The van der Waals surface area contributed by atoms with Crippen LogP contribution in [0.3, 0.4) is 0 Å². The standard InChI is InChI=1S/C22H25F3N2O3S/c23-22(24,25)19-11-4-12-20(15-19)26-21(28)18-10-5-13-27(16-18)31(29,30)14-6-9-17-7-2-1-3-8-17/h1-4,7-8,11-12,15,18H,5-6,9-10,13-14,16H2,(H,26,28)/t18-/m0/s1. The molecule has 1 aliphatic rings. The van der Waals surface area contributed by atoms with E-state index in [0.29, 0.717) is 32.2 Å². The first-order chi connectivity index (χ1) is 14.6. The number of benzene rings is 2. The topological polar surface area (TPSA) is 66.5 Å². The molecule has 0 unspecified atom stereocenters. The van der Waals surface area contributed by atoms with Crippen molar-refractivity contribution in [1.82, 2.24) is 4.31 Å². The molecule has 1 saturated heterocycles. The van der Waals surface area contributed by atoms with Crippen LogP contribution in [-0.2, 0) is 27.4 Å². The zero-order valence-corrected chi connectivity index (χ0v) is 17.8. The smallest absolute Gasteiger partial charge is 0.326 e. The normalized spacial score (nSPS) is 18.0. The Kier molecular flexibility index (Phi) is 7.38. The minimum absolute atomic E-state index is 0.0101. The van der Waals surface area contributed by atoms with Crippen molar-refractivity contribution < 1.29 is 26.4 Å². The Bertz CT molecular complexity index is 995. The molecule has 2 aromatic carbocycles. The molecular formula is C22H25F3N2O3S. The Labute approximate surface area is 180 Å². The molecule has 0 aromatic heterocycles. The second-order valence-electron chi connectivity index (χ2n) is 7.67. The number of alkyl halides is 3. The maximum absolute atomic E-state index is 12.9. The number of rotatable bonds is 7. The fourth-order valence-electron chi connectivity index (χ4n) is 3.66. The summed E-state index contributed by atoms with van der Waals surface area (Å²) in [6.45, 7) is 0.388. The molecule has 3 rings (SSSR count). The lowest BCUT2D eigenvalue weighted by Crippen LogP contribution is -2.44. The van der Waals surface area contributed by atoms with E-state index in [-0.39, 0.29) is 18.0 Å². The van der Waals surface area contributed by atoms with E-state index in [4.69, 9.17) is 0 Å². The number of halogens is 3. The van der Waals surface area contributed by atoms with Crippen LogP contribution in [0.4, 0.5) is 18.9 Å². The van der Waals surface area contributed by atoms with E-state index in [9.17, 15) is 26.4 Å². The van der Waals surface area contributed by atoms with Gasteiger partial charge in [0.2, 0.25) is 15.9 Å². The van der Waals surface area contributed by atoms with Gasteiger partial charge in [-0.15, -0.1) is 0 Å². The Morgan fingerprint density at radius 3 is 2.55 bits per heavy atom. The third-order valence-corrected chi connectivity index (χ3v) is 7.24. The molecule has 1 N–H and O–H groups in total. The van der Waals surface area contributed by atoms with Gasteiger partial charge in [0.25, 0.3) is 0 Å². The summed E-state index contributed by atoms with van der Waals surface area (Å²) < 4.78 is 65.4. The summed E-state index contributed by atoms with van der Waals surface area (Å²) in [7, 11) is -3.51. The van der Waals surface area contributed by atoms with Crippen molar-refractivity contribution >= 4 is 21.6 Å². The number of hydrogen-bond donors (Lipinski definition) is 1.